The fourth-order valence-electron chi connectivity index (χ4n) is 2.17. The highest BCUT2D eigenvalue weighted by Gasteiger charge is 2.17. The second-order valence-corrected chi connectivity index (χ2v) is 7.10. The van der Waals surface area contributed by atoms with E-state index in [1.54, 1.807) is 0 Å². The minimum Gasteiger partial charge on any atom is -0.376 e. The monoisotopic (exact) mass is 357 g/mol. The van der Waals surface area contributed by atoms with E-state index in [-0.39, 0.29) is 11.9 Å². The number of rotatable bonds is 4. The van der Waals surface area contributed by atoms with Gasteiger partial charge >= 0.3 is 0 Å². The molecule has 20 heavy (non-hydrogen) atoms. The third-order valence-corrected chi connectivity index (χ3v) is 4.77. The van der Waals surface area contributed by atoms with E-state index in [2.05, 4.69) is 26.6 Å². The molecule has 1 aromatic carbocycles. The molecule has 4 nitrogen and oxygen atoms in total. The minimum atomic E-state index is 0.0613. The first-order chi connectivity index (χ1) is 9.56. The molecule has 1 heterocycles. The molecule has 1 unspecified atom stereocenters. The van der Waals surface area contributed by atoms with Crippen LogP contribution in [0.5, 0.6) is 0 Å². The van der Waals surface area contributed by atoms with Crippen molar-refractivity contribution in [3.05, 3.63) is 22.7 Å². The van der Waals surface area contributed by atoms with Crippen LogP contribution in [-0.2, 0) is 4.79 Å². The van der Waals surface area contributed by atoms with E-state index < -0.39 is 0 Å². The van der Waals surface area contributed by atoms with Gasteiger partial charge in [-0.25, -0.2) is 0 Å². The summed E-state index contributed by atoms with van der Waals surface area (Å²) in [5, 5.41) is 6.40. The molecule has 1 aliphatic heterocycles. The van der Waals surface area contributed by atoms with E-state index >= 15 is 0 Å². The number of nitrogens with zero attached hydrogens (tertiary/aromatic N) is 1. The molecule has 2 N–H and O–H groups in total. The average molecular weight is 358 g/mol. The maximum Gasteiger partial charge on any atom is 0.226 e. The average Bonchev–Trinajstić information content (AvgIpc) is 2.39. The SMILES string of the molecule is CN(C)c1ccc(Br)cc1NC(=O)CC1CSCCN1. The predicted molar refractivity (Wildman–Crippen MR) is 90.8 cm³/mol. The summed E-state index contributed by atoms with van der Waals surface area (Å²) in [6, 6.07) is 6.19. The van der Waals surface area contributed by atoms with Gasteiger partial charge in [0.25, 0.3) is 0 Å². The van der Waals surface area contributed by atoms with Gasteiger partial charge in [-0.2, -0.15) is 11.8 Å². The molecule has 6 heteroatoms. The largest absolute Gasteiger partial charge is 0.376 e. The Bertz CT molecular complexity index is 475. The Morgan fingerprint density at radius 3 is 3.00 bits per heavy atom. The molecular weight excluding hydrogens is 338 g/mol. The fourth-order valence-corrected chi connectivity index (χ4v) is 3.48. The number of anilines is 2. The van der Waals surface area contributed by atoms with Crippen molar-refractivity contribution in [2.45, 2.75) is 12.5 Å². The van der Waals surface area contributed by atoms with Crippen molar-refractivity contribution >= 4 is 45.0 Å². The third kappa shape index (κ3) is 4.40. The number of nitrogens with one attached hydrogen (secondary N) is 2. The van der Waals surface area contributed by atoms with E-state index in [4.69, 9.17) is 0 Å². The Kier molecular flexibility index (Phi) is 5.74. The van der Waals surface area contributed by atoms with Crippen molar-refractivity contribution in [3.63, 3.8) is 0 Å². The van der Waals surface area contributed by atoms with Gasteiger partial charge in [-0.1, -0.05) is 15.9 Å². The van der Waals surface area contributed by atoms with Gasteiger partial charge in [0.1, 0.15) is 0 Å². The van der Waals surface area contributed by atoms with Gasteiger partial charge in [0.15, 0.2) is 0 Å². The van der Waals surface area contributed by atoms with Crippen LogP contribution in [0, 0.1) is 0 Å². The zero-order valence-corrected chi connectivity index (χ0v) is 14.2. The quantitative estimate of drug-likeness (QED) is 0.868. The smallest absolute Gasteiger partial charge is 0.226 e. The highest BCUT2D eigenvalue weighted by atomic mass is 79.9. The second-order valence-electron chi connectivity index (χ2n) is 5.03. The molecule has 1 atom stereocenters. The topological polar surface area (TPSA) is 44.4 Å². The van der Waals surface area contributed by atoms with Crippen molar-refractivity contribution in [1.82, 2.24) is 5.32 Å². The summed E-state index contributed by atoms with van der Waals surface area (Å²) in [5.74, 6) is 2.20. The highest BCUT2D eigenvalue weighted by molar-refractivity contribution is 9.10. The molecule has 0 radical (unpaired) electrons. The van der Waals surface area contributed by atoms with Gasteiger partial charge in [0, 0.05) is 49.1 Å². The lowest BCUT2D eigenvalue weighted by molar-refractivity contribution is -0.116. The van der Waals surface area contributed by atoms with Crippen LogP contribution in [0.1, 0.15) is 6.42 Å². The Morgan fingerprint density at radius 2 is 2.35 bits per heavy atom. The molecule has 0 spiro atoms. The molecule has 2 rings (SSSR count). The molecule has 1 aromatic rings. The lowest BCUT2D eigenvalue weighted by Gasteiger charge is -2.23. The van der Waals surface area contributed by atoms with E-state index in [1.807, 2.05) is 49.0 Å². The molecule has 1 amide bonds. The van der Waals surface area contributed by atoms with Crippen molar-refractivity contribution < 1.29 is 4.79 Å². The number of thioether (sulfide) groups is 1. The van der Waals surface area contributed by atoms with E-state index in [1.165, 1.54) is 0 Å². The summed E-state index contributed by atoms with van der Waals surface area (Å²) in [4.78, 5) is 14.2. The van der Waals surface area contributed by atoms with Crippen LogP contribution in [0.2, 0.25) is 0 Å². The number of hydrogen-bond acceptors (Lipinski definition) is 4. The number of hydrogen-bond donors (Lipinski definition) is 2. The summed E-state index contributed by atoms with van der Waals surface area (Å²) in [6.07, 6.45) is 0.520. The van der Waals surface area contributed by atoms with Crippen molar-refractivity contribution in [1.29, 1.82) is 0 Å². The summed E-state index contributed by atoms with van der Waals surface area (Å²) < 4.78 is 0.963. The van der Waals surface area contributed by atoms with Crippen LogP contribution in [-0.4, -0.2) is 44.1 Å². The van der Waals surface area contributed by atoms with Gasteiger partial charge < -0.3 is 15.5 Å². The molecule has 0 aromatic heterocycles. The Morgan fingerprint density at radius 1 is 1.55 bits per heavy atom. The first-order valence-corrected chi connectivity index (χ1v) is 8.59. The maximum absolute atomic E-state index is 12.2. The first-order valence-electron chi connectivity index (χ1n) is 6.64. The molecule has 0 aliphatic carbocycles. The number of carbonyl (C=O) groups is 1. The fraction of sp³-hybridized carbons (Fsp3) is 0.500. The maximum atomic E-state index is 12.2. The van der Waals surface area contributed by atoms with Gasteiger partial charge in [-0.3, -0.25) is 4.79 Å². The third-order valence-electron chi connectivity index (χ3n) is 3.14. The van der Waals surface area contributed by atoms with Crippen LogP contribution in [0.3, 0.4) is 0 Å². The van der Waals surface area contributed by atoms with Crippen LogP contribution >= 0.6 is 27.7 Å². The van der Waals surface area contributed by atoms with Crippen molar-refractivity contribution in [2.24, 2.45) is 0 Å². The van der Waals surface area contributed by atoms with Crippen LogP contribution in [0.15, 0.2) is 22.7 Å². The van der Waals surface area contributed by atoms with E-state index in [0.29, 0.717) is 6.42 Å². The first kappa shape index (κ1) is 15.7. The minimum absolute atomic E-state index is 0.0613. The van der Waals surface area contributed by atoms with Gasteiger partial charge in [-0.15, -0.1) is 0 Å². The van der Waals surface area contributed by atoms with Crippen LogP contribution < -0.4 is 15.5 Å². The summed E-state index contributed by atoms with van der Waals surface area (Å²) in [7, 11) is 3.94. The van der Waals surface area contributed by atoms with E-state index in [0.717, 1.165) is 33.9 Å². The Labute approximate surface area is 132 Å². The molecule has 1 saturated heterocycles. The number of benzene rings is 1. The highest BCUT2D eigenvalue weighted by Crippen LogP contribution is 2.28. The second kappa shape index (κ2) is 7.33. The number of amides is 1. The van der Waals surface area contributed by atoms with E-state index in [9.17, 15) is 4.79 Å². The summed E-state index contributed by atoms with van der Waals surface area (Å²) >= 11 is 5.35. The van der Waals surface area contributed by atoms with Gasteiger partial charge in [0.2, 0.25) is 5.91 Å². The van der Waals surface area contributed by atoms with Crippen molar-refractivity contribution in [2.75, 3.05) is 42.4 Å². The molecule has 0 bridgehead atoms. The van der Waals surface area contributed by atoms with Gasteiger partial charge in [0.05, 0.1) is 11.4 Å². The Balaban J connectivity index is 2.01. The molecular formula is C14H20BrN3OS. The molecule has 1 aliphatic rings. The lowest BCUT2D eigenvalue weighted by Crippen LogP contribution is -2.40. The van der Waals surface area contributed by atoms with Crippen LogP contribution in [0.4, 0.5) is 11.4 Å². The molecule has 1 fully saturated rings. The van der Waals surface area contributed by atoms with Gasteiger partial charge in [-0.05, 0) is 18.2 Å². The zero-order valence-electron chi connectivity index (χ0n) is 11.8. The molecule has 110 valence electrons. The number of carbonyl (C=O) groups excluding carboxylic acids is 1. The molecule has 0 saturated carbocycles. The lowest BCUT2D eigenvalue weighted by atomic mass is 10.2. The van der Waals surface area contributed by atoms with Crippen LogP contribution in [0.25, 0.3) is 0 Å². The Hall–Kier alpha value is -0.720. The standard InChI is InChI=1S/C14H20BrN3OS/c1-18(2)13-4-3-10(15)7-12(13)17-14(19)8-11-9-20-6-5-16-11/h3-4,7,11,16H,5-6,8-9H2,1-2H3,(H,17,19). The summed E-state index contributed by atoms with van der Waals surface area (Å²) in [5.41, 5.74) is 1.85. The summed E-state index contributed by atoms with van der Waals surface area (Å²) in [6.45, 7) is 0.989. The zero-order chi connectivity index (χ0) is 14.5. The number of halogens is 1. The predicted octanol–water partition coefficient (Wildman–Crippen LogP) is 2.55. The normalized spacial score (nSPS) is 18.6. The van der Waals surface area contributed by atoms with Crippen molar-refractivity contribution in [3.8, 4) is 0 Å².